The zero-order valence-corrected chi connectivity index (χ0v) is 14.3. The molecule has 23 heavy (non-hydrogen) atoms. The van der Waals surface area contributed by atoms with Gasteiger partial charge in [0, 0.05) is 37.3 Å². The van der Waals surface area contributed by atoms with Gasteiger partial charge in [0.05, 0.1) is 20.8 Å². The Balaban J connectivity index is 2.00. The van der Waals surface area contributed by atoms with Crippen molar-refractivity contribution in [3.8, 4) is 11.5 Å². The predicted molar refractivity (Wildman–Crippen MR) is 92.7 cm³/mol. The van der Waals surface area contributed by atoms with Crippen molar-refractivity contribution in [2.45, 2.75) is 12.5 Å². The fourth-order valence-electron chi connectivity index (χ4n) is 3.27. The molecule has 0 fully saturated rings. The van der Waals surface area contributed by atoms with Crippen LogP contribution in [0.2, 0.25) is 0 Å². The smallest absolute Gasteiger partial charge is 0.161 e. The molecule has 1 aliphatic rings. The lowest BCUT2D eigenvalue weighted by atomic mass is 9.89. The molecule has 1 atom stereocenters. The maximum atomic E-state index is 5.49. The van der Waals surface area contributed by atoms with Crippen LogP contribution in [0.25, 0.3) is 0 Å². The molecule has 0 bridgehead atoms. The SMILES string of the molecule is COc1cc2c(cc1OC)C(c1ccc(N(C)C)cc1)[NH2+]CC2. The van der Waals surface area contributed by atoms with E-state index in [2.05, 4.69) is 60.7 Å². The number of nitrogens with two attached hydrogens (primary N) is 1. The van der Waals surface area contributed by atoms with Crippen LogP contribution in [0, 0.1) is 0 Å². The van der Waals surface area contributed by atoms with E-state index in [1.165, 1.54) is 22.4 Å². The molecule has 1 unspecified atom stereocenters. The van der Waals surface area contributed by atoms with Crippen molar-refractivity contribution < 1.29 is 14.8 Å². The average Bonchev–Trinajstić information content (AvgIpc) is 2.60. The number of hydrogen-bond donors (Lipinski definition) is 1. The van der Waals surface area contributed by atoms with Crippen LogP contribution in [0.1, 0.15) is 22.7 Å². The van der Waals surface area contributed by atoms with Gasteiger partial charge >= 0.3 is 0 Å². The van der Waals surface area contributed by atoms with Crippen LogP contribution in [0.5, 0.6) is 11.5 Å². The molecule has 0 radical (unpaired) electrons. The molecule has 1 heterocycles. The van der Waals surface area contributed by atoms with Crippen LogP contribution in [0.3, 0.4) is 0 Å². The number of nitrogens with zero attached hydrogens (tertiary/aromatic N) is 1. The van der Waals surface area contributed by atoms with Gasteiger partial charge in [-0.25, -0.2) is 0 Å². The summed E-state index contributed by atoms with van der Waals surface area (Å²) in [5.41, 5.74) is 5.22. The van der Waals surface area contributed by atoms with Crippen LogP contribution in [0.15, 0.2) is 36.4 Å². The Hall–Kier alpha value is -2.20. The fraction of sp³-hybridized carbons (Fsp3) is 0.368. The first kappa shape index (κ1) is 15.7. The van der Waals surface area contributed by atoms with Gasteiger partial charge in [0.25, 0.3) is 0 Å². The van der Waals surface area contributed by atoms with E-state index in [1.54, 1.807) is 14.2 Å². The summed E-state index contributed by atoms with van der Waals surface area (Å²) in [6.45, 7) is 1.09. The Morgan fingerprint density at radius 2 is 1.65 bits per heavy atom. The summed E-state index contributed by atoms with van der Waals surface area (Å²) in [5, 5.41) is 2.40. The number of ether oxygens (including phenoxy) is 2. The number of benzene rings is 2. The maximum absolute atomic E-state index is 5.49. The first-order valence-corrected chi connectivity index (χ1v) is 7.99. The van der Waals surface area contributed by atoms with Gasteiger partial charge in [-0.2, -0.15) is 0 Å². The molecule has 0 saturated heterocycles. The lowest BCUT2D eigenvalue weighted by Crippen LogP contribution is -2.87. The van der Waals surface area contributed by atoms with Crippen molar-refractivity contribution >= 4 is 5.69 Å². The summed E-state index contributed by atoms with van der Waals surface area (Å²) < 4.78 is 10.9. The molecule has 0 aromatic heterocycles. The molecule has 0 amide bonds. The largest absolute Gasteiger partial charge is 0.493 e. The second-order valence-electron chi connectivity index (χ2n) is 6.14. The van der Waals surface area contributed by atoms with E-state index in [-0.39, 0.29) is 0 Å². The summed E-state index contributed by atoms with van der Waals surface area (Å²) >= 11 is 0. The van der Waals surface area contributed by atoms with Crippen LogP contribution in [0.4, 0.5) is 5.69 Å². The Kier molecular flexibility index (Phi) is 4.44. The van der Waals surface area contributed by atoms with E-state index in [4.69, 9.17) is 9.47 Å². The molecule has 0 spiro atoms. The summed E-state index contributed by atoms with van der Waals surface area (Å²) in [4.78, 5) is 2.12. The van der Waals surface area contributed by atoms with Gasteiger partial charge in [-0.3, -0.25) is 0 Å². The summed E-state index contributed by atoms with van der Waals surface area (Å²) in [7, 11) is 7.51. The van der Waals surface area contributed by atoms with Gasteiger partial charge in [-0.15, -0.1) is 0 Å². The molecular formula is C19H25N2O2+. The topological polar surface area (TPSA) is 38.3 Å². The van der Waals surface area contributed by atoms with E-state index < -0.39 is 0 Å². The van der Waals surface area contributed by atoms with Gasteiger partial charge in [-0.05, 0) is 29.8 Å². The second-order valence-corrected chi connectivity index (χ2v) is 6.14. The molecule has 4 heteroatoms. The number of quaternary nitrogens is 1. The predicted octanol–water partition coefficient (Wildman–Crippen LogP) is 1.98. The molecule has 4 nitrogen and oxygen atoms in total. The van der Waals surface area contributed by atoms with Crippen molar-refractivity contribution in [2.75, 3.05) is 39.8 Å². The normalized spacial score (nSPS) is 16.6. The van der Waals surface area contributed by atoms with Gasteiger partial charge in [-0.1, -0.05) is 12.1 Å². The van der Waals surface area contributed by atoms with Crippen molar-refractivity contribution in [3.63, 3.8) is 0 Å². The molecule has 0 saturated carbocycles. The molecule has 2 aromatic carbocycles. The van der Waals surface area contributed by atoms with Crippen molar-refractivity contribution in [2.24, 2.45) is 0 Å². The van der Waals surface area contributed by atoms with Gasteiger partial charge in [0.15, 0.2) is 11.5 Å². The number of methoxy groups -OCH3 is 2. The first-order valence-electron chi connectivity index (χ1n) is 7.99. The molecule has 3 rings (SSSR count). The quantitative estimate of drug-likeness (QED) is 0.938. The minimum absolute atomic E-state index is 0.315. The van der Waals surface area contributed by atoms with E-state index in [0.717, 1.165) is 24.5 Å². The molecule has 1 aliphatic heterocycles. The zero-order chi connectivity index (χ0) is 16.4. The van der Waals surface area contributed by atoms with E-state index >= 15 is 0 Å². The third-order valence-corrected chi connectivity index (χ3v) is 4.57. The fourth-order valence-corrected chi connectivity index (χ4v) is 3.27. The van der Waals surface area contributed by atoms with Gasteiger partial charge in [0.2, 0.25) is 0 Å². The maximum Gasteiger partial charge on any atom is 0.161 e. The van der Waals surface area contributed by atoms with Crippen molar-refractivity contribution in [3.05, 3.63) is 53.1 Å². The monoisotopic (exact) mass is 313 g/mol. The number of fused-ring (bicyclic) bond motifs is 1. The van der Waals surface area contributed by atoms with Crippen LogP contribution < -0.4 is 19.7 Å². The minimum Gasteiger partial charge on any atom is -0.493 e. The summed E-state index contributed by atoms with van der Waals surface area (Å²) in [5.74, 6) is 1.62. The molecule has 0 aliphatic carbocycles. The lowest BCUT2D eigenvalue weighted by molar-refractivity contribution is -0.690. The van der Waals surface area contributed by atoms with Gasteiger partial charge in [0.1, 0.15) is 6.04 Å². The summed E-state index contributed by atoms with van der Waals surface area (Å²) in [6.07, 6.45) is 1.06. The Morgan fingerprint density at radius 3 is 2.26 bits per heavy atom. The number of rotatable bonds is 4. The van der Waals surface area contributed by atoms with E-state index in [9.17, 15) is 0 Å². The Morgan fingerprint density at radius 1 is 1.00 bits per heavy atom. The van der Waals surface area contributed by atoms with Crippen molar-refractivity contribution in [1.82, 2.24) is 0 Å². The van der Waals surface area contributed by atoms with Crippen LogP contribution >= 0.6 is 0 Å². The highest BCUT2D eigenvalue weighted by Gasteiger charge is 2.27. The first-order chi connectivity index (χ1) is 11.1. The molecule has 2 aromatic rings. The molecule has 2 N–H and O–H groups in total. The van der Waals surface area contributed by atoms with Crippen LogP contribution in [-0.2, 0) is 6.42 Å². The van der Waals surface area contributed by atoms with Crippen LogP contribution in [-0.4, -0.2) is 34.9 Å². The highest BCUT2D eigenvalue weighted by Crippen LogP contribution is 2.35. The Labute approximate surface area is 138 Å². The highest BCUT2D eigenvalue weighted by atomic mass is 16.5. The Bertz CT molecular complexity index is 681. The third-order valence-electron chi connectivity index (χ3n) is 4.57. The third kappa shape index (κ3) is 2.99. The molecule has 122 valence electrons. The van der Waals surface area contributed by atoms with Gasteiger partial charge < -0.3 is 19.7 Å². The average molecular weight is 313 g/mol. The number of hydrogen-bond acceptors (Lipinski definition) is 3. The second kappa shape index (κ2) is 6.50. The van der Waals surface area contributed by atoms with E-state index in [1.807, 2.05) is 0 Å². The highest BCUT2D eigenvalue weighted by molar-refractivity contribution is 5.52. The van der Waals surface area contributed by atoms with E-state index in [0.29, 0.717) is 6.04 Å². The zero-order valence-electron chi connectivity index (χ0n) is 14.3. The van der Waals surface area contributed by atoms with Crippen molar-refractivity contribution in [1.29, 1.82) is 0 Å². The number of anilines is 1. The standard InChI is InChI=1S/C19H24N2O2/c1-21(2)15-7-5-13(6-8-15)19-16-12-18(23-4)17(22-3)11-14(16)9-10-20-19/h5-8,11-12,19-20H,9-10H2,1-4H3/p+1. The minimum atomic E-state index is 0.315. The molecular weight excluding hydrogens is 288 g/mol. The summed E-state index contributed by atoms with van der Waals surface area (Å²) in [6, 6.07) is 13.4. The lowest BCUT2D eigenvalue weighted by Gasteiger charge is -2.26.